The molecule has 0 aliphatic rings. The largest absolute Gasteiger partial charge is 0.449 e. The summed E-state index contributed by atoms with van der Waals surface area (Å²) in [6.45, 7) is 4.58. The van der Waals surface area contributed by atoms with Crippen LogP contribution in [0.5, 0.6) is 0 Å². The van der Waals surface area contributed by atoms with Crippen molar-refractivity contribution in [1.29, 1.82) is 5.26 Å². The van der Waals surface area contributed by atoms with E-state index in [1.165, 1.54) is 11.3 Å². The minimum atomic E-state index is -1.12. The van der Waals surface area contributed by atoms with Crippen LogP contribution in [-0.2, 0) is 20.7 Å². The number of alkyl carbamates (subject to hydrolysis) is 1. The maximum atomic E-state index is 12.2. The summed E-state index contributed by atoms with van der Waals surface area (Å²) in [5.41, 5.74) is 4.66. The zero-order chi connectivity index (χ0) is 21.6. The number of ether oxygens (including phenoxy) is 2. The van der Waals surface area contributed by atoms with Gasteiger partial charge in [-0.15, -0.1) is 11.3 Å². The molecule has 2 heterocycles. The number of rotatable bonds is 7. The molecule has 12 heteroatoms. The van der Waals surface area contributed by atoms with Crippen LogP contribution in [0.1, 0.15) is 36.3 Å². The van der Waals surface area contributed by atoms with E-state index in [9.17, 15) is 14.4 Å². The molecule has 3 N–H and O–H groups in total. The lowest BCUT2D eigenvalue weighted by Crippen LogP contribution is -2.45. The number of carbonyl (C=O) groups excluding carboxylic acids is 3. The molecule has 11 nitrogen and oxygen atoms in total. The molecule has 0 fully saturated rings. The highest BCUT2D eigenvalue weighted by atomic mass is 32.1. The Kier molecular flexibility index (Phi) is 6.89. The number of primary amides is 1. The summed E-state index contributed by atoms with van der Waals surface area (Å²) in [5, 5.41) is 13.1. The van der Waals surface area contributed by atoms with Crippen molar-refractivity contribution >= 4 is 29.3 Å². The first-order valence-corrected chi connectivity index (χ1v) is 9.20. The number of thiazole rings is 1. The molecule has 2 amide bonds. The van der Waals surface area contributed by atoms with Crippen LogP contribution in [0.2, 0.25) is 0 Å². The third-order valence-electron chi connectivity index (χ3n) is 3.16. The number of aromatic nitrogens is 2. The molecule has 2 aromatic rings. The molecule has 0 aliphatic carbocycles. The Labute approximate surface area is 169 Å². The molecule has 0 unspecified atom stereocenters. The number of amides is 2. The lowest BCUT2D eigenvalue weighted by atomic mass is 10.2. The second-order valence-electron chi connectivity index (χ2n) is 6.70. The molecule has 1 atom stereocenters. The summed E-state index contributed by atoms with van der Waals surface area (Å²) in [7, 11) is 0. The number of nitrogens with one attached hydrogen (secondary N) is 1. The Morgan fingerprint density at radius 3 is 2.69 bits per heavy atom. The zero-order valence-corrected chi connectivity index (χ0v) is 16.7. The fraction of sp³-hybridized carbons (Fsp3) is 0.412. The molecule has 0 aromatic carbocycles. The van der Waals surface area contributed by atoms with Gasteiger partial charge in [-0.25, -0.2) is 19.6 Å². The normalized spacial score (nSPS) is 11.9. The highest BCUT2D eigenvalue weighted by molar-refractivity contribution is 7.09. The molecule has 0 aliphatic heterocycles. The number of hydrogen-bond acceptors (Lipinski definition) is 10. The Hall–Kier alpha value is -3.46. The van der Waals surface area contributed by atoms with Gasteiger partial charge in [0.1, 0.15) is 29.7 Å². The standard InChI is InChI=1S/C17H19N5O6S/c1-17(2,3)28-16(25)22-9(15(24)26-5-4-18)6-12-20-11(8-29-12)14-21-10(7-27-14)13(19)23/h7-9H,5-6H2,1-3H3,(H2,19,23)(H,22,25)/t9-/m0/s1. The zero-order valence-electron chi connectivity index (χ0n) is 15.9. The van der Waals surface area contributed by atoms with Crippen LogP contribution >= 0.6 is 11.3 Å². The lowest BCUT2D eigenvalue weighted by molar-refractivity contribution is -0.144. The summed E-state index contributed by atoms with van der Waals surface area (Å²) in [4.78, 5) is 43.6. The molecule has 29 heavy (non-hydrogen) atoms. The van der Waals surface area contributed by atoms with Crippen molar-refractivity contribution in [2.45, 2.75) is 38.8 Å². The van der Waals surface area contributed by atoms with E-state index in [2.05, 4.69) is 15.3 Å². The SMILES string of the molecule is CC(C)(C)OC(=O)N[C@@H](Cc1nc(-c2nc(C(N)=O)co2)cs1)C(=O)OCC#N. The van der Waals surface area contributed by atoms with Gasteiger partial charge in [0.2, 0.25) is 5.89 Å². The Bertz CT molecular complexity index is 939. The summed E-state index contributed by atoms with van der Waals surface area (Å²) in [5.74, 6) is -1.45. The number of nitrogens with two attached hydrogens (primary N) is 1. The number of nitriles is 1. The van der Waals surface area contributed by atoms with Gasteiger partial charge in [0.25, 0.3) is 5.91 Å². The topological polar surface area (TPSA) is 170 Å². The van der Waals surface area contributed by atoms with Gasteiger partial charge >= 0.3 is 12.1 Å². The first kappa shape index (κ1) is 21.8. The number of hydrogen-bond donors (Lipinski definition) is 2. The fourth-order valence-corrected chi connectivity index (χ4v) is 2.84. The van der Waals surface area contributed by atoms with Crippen LogP contribution in [0.15, 0.2) is 16.1 Å². The number of nitrogens with zero attached hydrogens (tertiary/aromatic N) is 3. The maximum Gasteiger partial charge on any atom is 0.408 e. The Morgan fingerprint density at radius 1 is 1.38 bits per heavy atom. The average Bonchev–Trinajstić information content (AvgIpc) is 3.26. The van der Waals surface area contributed by atoms with Crippen LogP contribution in [0.4, 0.5) is 4.79 Å². The van der Waals surface area contributed by atoms with Gasteiger partial charge in [-0.1, -0.05) is 0 Å². The van der Waals surface area contributed by atoms with Crippen LogP contribution in [0, 0.1) is 11.3 Å². The fourth-order valence-electron chi connectivity index (χ4n) is 2.03. The molecule has 0 radical (unpaired) electrons. The summed E-state index contributed by atoms with van der Waals surface area (Å²) in [6.07, 6.45) is 0.285. The first-order valence-electron chi connectivity index (χ1n) is 8.32. The second kappa shape index (κ2) is 9.16. The second-order valence-corrected chi connectivity index (χ2v) is 7.64. The third kappa shape index (κ3) is 6.58. The van der Waals surface area contributed by atoms with E-state index in [4.69, 9.17) is 24.9 Å². The number of oxazole rings is 1. The van der Waals surface area contributed by atoms with Gasteiger partial charge in [0, 0.05) is 11.8 Å². The molecule has 0 saturated heterocycles. The predicted octanol–water partition coefficient (Wildman–Crippen LogP) is 1.40. The first-order chi connectivity index (χ1) is 13.6. The maximum absolute atomic E-state index is 12.2. The molecular weight excluding hydrogens is 402 g/mol. The molecule has 0 saturated carbocycles. The van der Waals surface area contributed by atoms with Crippen LogP contribution in [0.25, 0.3) is 11.6 Å². The highest BCUT2D eigenvalue weighted by Gasteiger charge is 2.27. The van der Waals surface area contributed by atoms with Crippen molar-refractivity contribution in [3.8, 4) is 17.7 Å². The van der Waals surface area contributed by atoms with Crippen molar-refractivity contribution in [3.05, 3.63) is 22.3 Å². The molecular formula is C17H19N5O6S. The van der Waals surface area contributed by atoms with E-state index in [0.29, 0.717) is 10.7 Å². The smallest absolute Gasteiger partial charge is 0.408 e. The molecule has 2 aromatic heterocycles. The third-order valence-corrected chi connectivity index (χ3v) is 4.03. The van der Waals surface area contributed by atoms with E-state index in [1.807, 2.05) is 0 Å². The summed E-state index contributed by atoms with van der Waals surface area (Å²) >= 11 is 1.18. The number of esters is 1. The molecule has 0 bridgehead atoms. The van der Waals surface area contributed by atoms with E-state index in [1.54, 1.807) is 32.2 Å². The van der Waals surface area contributed by atoms with Crippen molar-refractivity contribution in [2.75, 3.05) is 6.61 Å². The monoisotopic (exact) mass is 421 g/mol. The highest BCUT2D eigenvalue weighted by Crippen LogP contribution is 2.22. The molecule has 0 spiro atoms. The van der Waals surface area contributed by atoms with Gasteiger partial charge in [0.05, 0.1) is 5.01 Å². The minimum absolute atomic E-state index is 0.0163. The van der Waals surface area contributed by atoms with Crippen LogP contribution < -0.4 is 11.1 Å². The van der Waals surface area contributed by atoms with Crippen molar-refractivity contribution in [2.24, 2.45) is 5.73 Å². The lowest BCUT2D eigenvalue weighted by Gasteiger charge is -2.22. The van der Waals surface area contributed by atoms with Gasteiger partial charge in [-0.3, -0.25) is 4.79 Å². The Morgan fingerprint density at radius 2 is 2.10 bits per heavy atom. The van der Waals surface area contributed by atoms with Crippen molar-refractivity contribution < 1.29 is 28.3 Å². The van der Waals surface area contributed by atoms with Crippen LogP contribution in [0.3, 0.4) is 0 Å². The van der Waals surface area contributed by atoms with E-state index >= 15 is 0 Å². The van der Waals surface area contributed by atoms with E-state index < -0.39 is 36.2 Å². The summed E-state index contributed by atoms with van der Waals surface area (Å²) < 4.78 is 15.1. The van der Waals surface area contributed by atoms with Gasteiger partial charge in [-0.05, 0) is 20.8 Å². The van der Waals surface area contributed by atoms with Gasteiger partial charge in [-0.2, -0.15) is 5.26 Å². The van der Waals surface area contributed by atoms with Crippen LogP contribution in [-0.4, -0.2) is 46.2 Å². The molecule has 2 rings (SSSR count). The molecule has 154 valence electrons. The predicted molar refractivity (Wildman–Crippen MR) is 99.6 cm³/mol. The Balaban J connectivity index is 2.14. The average molecular weight is 421 g/mol. The van der Waals surface area contributed by atoms with E-state index in [-0.39, 0.29) is 18.0 Å². The minimum Gasteiger partial charge on any atom is -0.449 e. The van der Waals surface area contributed by atoms with E-state index in [0.717, 1.165) is 6.26 Å². The number of carbonyl (C=O) groups is 3. The van der Waals surface area contributed by atoms with Crippen molar-refractivity contribution in [3.63, 3.8) is 0 Å². The van der Waals surface area contributed by atoms with Gasteiger partial charge in [0.15, 0.2) is 12.3 Å². The summed E-state index contributed by atoms with van der Waals surface area (Å²) in [6, 6.07) is 0.565. The van der Waals surface area contributed by atoms with Gasteiger partial charge < -0.3 is 24.9 Å². The van der Waals surface area contributed by atoms with Crippen molar-refractivity contribution in [1.82, 2.24) is 15.3 Å². The quantitative estimate of drug-likeness (QED) is 0.627.